The van der Waals surface area contributed by atoms with Crippen molar-refractivity contribution in [2.24, 2.45) is 0 Å². The maximum absolute atomic E-state index is 5.96. The smallest absolute Gasteiger partial charge is 0.119 e. The predicted molar refractivity (Wildman–Crippen MR) is 89.7 cm³/mol. The monoisotopic (exact) mass is 283 g/mol. The molecule has 2 nitrogen and oxygen atoms in total. The third kappa shape index (κ3) is 5.24. The van der Waals surface area contributed by atoms with Gasteiger partial charge in [0.2, 0.25) is 0 Å². The summed E-state index contributed by atoms with van der Waals surface area (Å²) in [4.78, 5) is 0. The van der Waals surface area contributed by atoms with E-state index in [2.05, 4.69) is 67.7 Å². The number of ether oxygens (including phenoxy) is 1. The summed E-state index contributed by atoms with van der Waals surface area (Å²) in [6.45, 7) is 6.37. The summed E-state index contributed by atoms with van der Waals surface area (Å²) < 4.78 is 5.96. The molecule has 21 heavy (non-hydrogen) atoms. The van der Waals surface area contributed by atoms with E-state index in [1.165, 1.54) is 11.1 Å². The van der Waals surface area contributed by atoms with Crippen molar-refractivity contribution in [2.75, 3.05) is 13.1 Å². The Balaban J connectivity index is 1.85. The highest BCUT2D eigenvalue weighted by Crippen LogP contribution is 2.23. The second-order valence-electron chi connectivity index (χ2n) is 5.31. The van der Waals surface area contributed by atoms with E-state index in [1.54, 1.807) is 0 Å². The Labute approximate surface area is 128 Å². The summed E-state index contributed by atoms with van der Waals surface area (Å²) in [6, 6.07) is 18.8. The van der Waals surface area contributed by atoms with Crippen LogP contribution in [0.3, 0.4) is 0 Å². The highest BCUT2D eigenvalue weighted by Gasteiger charge is 2.04. The maximum atomic E-state index is 5.96. The third-order valence-electron chi connectivity index (χ3n) is 3.51. The Morgan fingerprint density at radius 1 is 0.952 bits per heavy atom. The Bertz CT molecular complexity index is 507. The van der Waals surface area contributed by atoms with E-state index in [-0.39, 0.29) is 6.10 Å². The molecule has 0 bridgehead atoms. The minimum absolute atomic E-state index is 0.256. The molecule has 112 valence electrons. The van der Waals surface area contributed by atoms with Crippen molar-refractivity contribution >= 4 is 0 Å². The summed E-state index contributed by atoms with van der Waals surface area (Å²) in [7, 11) is 0. The first-order valence-corrected chi connectivity index (χ1v) is 7.82. The molecule has 0 aliphatic carbocycles. The van der Waals surface area contributed by atoms with Gasteiger partial charge in [-0.1, -0.05) is 49.4 Å². The predicted octanol–water partition coefficient (Wildman–Crippen LogP) is 4.51. The molecule has 1 atom stereocenters. The normalized spacial score (nSPS) is 12.1. The average Bonchev–Trinajstić information content (AvgIpc) is 2.53. The molecule has 0 radical (unpaired) electrons. The summed E-state index contributed by atoms with van der Waals surface area (Å²) in [5, 5.41) is 3.34. The van der Waals surface area contributed by atoms with Gasteiger partial charge < -0.3 is 10.1 Å². The SMILES string of the molecule is CCNCCCC(C)Oc1ccc(-c2ccccc2)cc1. The van der Waals surface area contributed by atoms with Gasteiger partial charge in [0.25, 0.3) is 0 Å². The van der Waals surface area contributed by atoms with Crippen molar-refractivity contribution < 1.29 is 4.74 Å². The van der Waals surface area contributed by atoms with Crippen molar-refractivity contribution in [3.05, 3.63) is 54.6 Å². The first-order chi connectivity index (χ1) is 10.3. The van der Waals surface area contributed by atoms with Crippen LogP contribution in [0.1, 0.15) is 26.7 Å². The van der Waals surface area contributed by atoms with Crippen LogP contribution >= 0.6 is 0 Å². The Hall–Kier alpha value is -1.80. The summed E-state index contributed by atoms with van der Waals surface area (Å²) in [6.07, 6.45) is 2.48. The van der Waals surface area contributed by atoms with Gasteiger partial charge in [-0.15, -0.1) is 0 Å². The third-order valence-corrected chi connectivity index (χ3v) is 3.51. The van der Waals surface area contributed by atoms with Crippen molar-refractivity contribution in [3.8, 4) is 16.9 Å². The molecular weight excluding hydrogens is 258 g/mol. The molecular formula is C19H25NO. The largest absolute Gasteiger partial charge is 0.491 e. The molecule has 0 fully saturated rings. The summed E-state index contributed by atoms with van der Waals surface area (Å²) in [5.74, 6) is 0.950. The van der Waals surface area contributed by atoms with E-state index in [4.69, 9.17) is 4.74 Å². The van der Waals surface area contributed by atoms with Crippen LogP contribution < -0.4 is 10.1 Å². The van der Waals surface area contributed by atoms with Crippen LogP contribution in [0.2, 0.25) is 0 Å². The zero-order valence-corrected chi connectivity index (χ0v) is 13.0. The van der Waals surface area contributed by atoms with Crippen LogP contribution in [0.5, 0.6) is 5.75 Å². The number of benzene rings is 2. The molecule has 0 aliphatic rings. The van der Waals surface area contributed by atoms with Crippen LogP contribution in [0.15, 0.2) is 54.6 Å². The van der Waals surface area contributed by atoms with Gasteiger partial charge in [-0.25, -0.2) is 0 Å². The fraction of sp³-hybridized carbons (Fsp3) is 0.368. The lowest BCUT2D eigenvalue weighted by Crippen LogP contribution is -2.18. The standard InChI is InChI=1S/C19H25NO/c1-3-20-15-7-8-16(2)21-19-13-11-18(12-14-19)17-9-5-4-6-10-17/h4-6,9-14,16,20H,3,7-8,15H2,1-2H3. The zero-order valence-electron chi connectivity index (χ0n) is 13.0. The van der Waals surface area contributed by atoms with E-state index in [1.807, 2.05) is 6.07 Å². The van der Waals surface area contributed by atoms with Gasteiger partial charge in [-0.05, 0) is 56.1 Å². The van der Waals surface area contributed by atoms with E-state index in [0.29, 0.717) is 0 Å². The van der Waals surface area contributed by atoms with E-state index < -0.39 is 0 Å². The zero-order chi connectivity index (χ0) is 14.9. The number of rotatable bonds is 8. The van der Waals surface area contributed by atoms with E-state index in [9.17, 15) is 0 Å². The topological polar surface area (TPSA) is 21.3 Å². The molecule has 0 aliphatic heterocycles. The van der Waals surface area contributed by atoms with Crippen LogP contribution in [-0.2, 0) is 0 Å². The molecule has 2 rings (SSSR count). The van der Waals surface area contributed by atoms with Gasteiger partial charge in [0, 0.05) is 0 Å². The Morgan fingerprint density at radius 2 is 1.62 bits per heavy atom. The number of hydrogen-bond acceptors (Lipinski definition) is 2. The van der Waals surface area contributed by atoms with Crippen molar-refractivity contribution in [1.82, 2.24) is 5.32 Å². The van der Waals surface area contributed by atoms with Gasteiger partial charge in [0.15, 0.2) is 0 Å². The minimum atomic E-state index is 0.256. The molecule has 0 spiro atoms. The molecule has 0 amide bonds. The molecule has 1 N–H and O–H groups in total. The second kappa shape index (κ2) is 8.48. The van der Waals surface area contributed by atoms with E-state index >= 15 is 0 Å². The fourth-order valence-electron chi connectivity index (χ4n) is 2.34. The summed E-state index contributed by atoms with van der Waals surface area (Å²) >= 11 is 0. The van der Waals surface area contributed by atoms with Crippen LogP contribution in [0.25, 0.3) is 11.1 Å². The highest BCUT2D eigenvalue weighted by atomic mass is 16.5. The van der Waals surface area contributed by atoms with Gasteiger partial charge in [0.05, 0.1) is 6.10 Å². The quantitative estimate of drug-likeness (QED) is 0.720. The molecule has 2 aromatic carbocycles. The first-order valence-electron chi connectivity index (χ1n) is 7.82. The van der Waals surface area contributed by atoms with Crippen molar-refractivity contribution in [2.45, 2.75) is 32.8 Å². The van der Waals surface area contributed by atoms with Gasteiger partial charge in [-0.2, -0.15) is 0 Å². The van der Waals surface area contributed by atoms with Gasteiger partial charge in [-0.3, -0.25) is 0 Å². The molecule has 1 unspecified atom stereocenters. The van der Waals surface area contributed by atoms with Gasteiger partial charge >= 0.3 is 0 Å². The lowest BCUT2D eigenvalue weighted by atomic mass is 10.1. The molecule has 2 aromatic rings. The van der Waals surface area contributed by atoms with Crippen LogP contribution in [0.4, 0.5) is 0 Å². The summed E-state index contributed by atoms with van der Waals surface area (Å²) in [5.41, 5.74) is 2.46. The number of nitrogens with one attached hydrogen (secondary N) is 1. The van der Waals surface area contributed by atoms with Crippen LogP contribution in [-0.4, -0.2) is 19.2 Å². The molecule has 0 saturated heterocycles. The van der Waals surface area contributed by atoms with E-state index in [0.717, 1.165) is 31.7 Å². The fourth-order valence-corrected chi connectivity index (χ4v) is 2.34. The Morgan fingerprint density at radius 3 is 2.29 bits per heavy atom. The second-order valence-corrected chi connectivity index (χ2v) is 5.31. The molecule has 0 heterocycles. The lowest BCUT2D eigenvalue weighted by Gasteiger charge is -2.15. The van der Waals surface area contributed by atoms with Crippen LogP contribution in [0, 0.1) is 0 Å². The lowest BCUT2D eigenvalue weighted by molar-refractivity contribution is 0.207. The molecule has 0 aromatic heterocycles. The molecule has 0 saturated carbocycles. The maximum Gasteiger partial charge on any atom is 0.119 e. The first kappa shape index (κ1) is 15.6. The van der Waals surface area contributed by atoms with Crippen molar-refractivity contribution in [1.29, 1.82) is 0 Å². The highest BCUT2D eigenvalue weighted by molar-refractivity contribution is 5.63. The van der Waals surface area contributed by atoms with Gasteiger partial charge in [0.1, 0.15) is 5.75 Å². The average molecular weight is 283 g/mol. The molecule has 2 heteroatoms. The Kier molecular flexibility index (Phi) is 6.29. The minimum Gasteiger partial charge on any atom is -0.491 e. The number of hydrogen-bond donors (Lipinski definition) is 1. The van der Waals surface area contributed by atoms with Crippen molar-refractivity contribution in [3.63, 3.8) is 0 Å².